The van der Waals surface area contributed by atoms with Crippen molar-refractivity contribution in [1.29, 1.82) is 0 Å². The number of anilines is 1. The first-order valence-corrected chi connectivity index (χ1v) is 9.05. The second kappa shape index (κ2) is 8.32. The van der Waals surface area contributed by atoms with Gasteiger partial charge in [-0.15, -0.1) is 0 Å². The van der Waals surface area contributed by atoms with Crippen LogP contribution in [0.3, 0.4) is 0 Å². The fourth-order valence-electron chi connectivity index (χ4n) is 3.21. The van der Waals surface area contributed by atoms with Crippen molar-refractivity contribution in [3.8, 4) is 11.5 Å². The van der Waals surface area contributed by atoms with E-state index in [4.69, 9.17) is 18.6 Å². The Morgan fingerprint density at radius 1 is 1.07 bits per heavy atom. The standard InChI is InChI=1S/C19H21N3O6/c23-18(19(24)21-13-3-4-16-17(10-13)28-12-27-16)20-11-14(15-2-1-7-26-15)22-5-8-25-9-6-22/h1-4,7,10,14H,5-6,8-9,11-12H2,(H,20,23)(H,21,24). The molecule has 9 nitrogen and oxygen atoms in total. The molecule has 1 aromatic carbocycles. The molecule has 28 heavy (non-hydrogen) atoms. The smallest absolute Gasteiger partial charge is 0.313 e. The molecule has 1 unspecified atom stereocenters. The number of nitrogens with one attached hydrogen (secondary N) is 2. The van der Waals surface area contributed by atoms with Gasteiger partial charge in [-0.2, -0.15) is 0 Å². The van der Waals surface area contributed by atoms with Gasteiger partial charge in [-0.1, -0.05) is 0 Å². The van der Waals surface area contributed by atoms with Crippen molar-refractivity contribution in [3.63, 3.8) is 0 Å². The number of furan rings is 1. The molecule has 1 saturated heterocycles. The molecule has 2 amide bonds. The fraction of sp³-hybridized carbons (Fsp3) is 0.368. The van der Waals surface area contributed by atoms with Gasteiger partial charge in [0.15, 0.2) is 11.5 Å². The van der Waals surface area contributed by atoms with Crippen molar-refractivity contribution in [2.45, 2.75) is 6.04 Å². The molecule has 2 aliphatic heterocycles. The molecule has 1 fully saturated rings. The van der Waals surface area contributed by atoms with Gasteiger partial charge in [0, 0.05) is 31.4 Å². The fourth-order valence-corrected chi connectivity index (χ4v) is 3.21. The molecule has 9 heteroatoms. The zero-order valence-electron chi connectivity index (χ0n) is 15.2. The minimum atomic E-state index is -0.751. The molecular weight excluding hydrogens is 366 g/mol. The highest BCUT2D eigenvalue weighted by Crippen LogP contribution is 2.34. The first-order valence-electron chi connectivity index (χ1n) is 9.05. The van der Waals surface area contributed by atoms with E-state index in [1.807, 2.05) is 6.07 Å². The Bertz CT molecular complexity index is 832. The molecule has 0 radical (unpaired) electrons. The van der Waals surface area contributed by atoms with E-state index in [9.17, 15) is 9.59 Å². The number of fused-ring (bicyclic) bond motifs is 1. The lowest BCUT2D eigenvalue weighted by Gasteiger charge is -2.33. The molecule has 0 aliphatic carbocycles. The lowest BCUT2D eigenvalue weighted by Crippen LogP contribution is -2.45. The van der Waals surface area contributed by atoms with Crippen molar-refractivity contribution in [2.75, 3.05) is 45.0 Å². The number of carbonyl (C=O) groups excluding carboxylic acids is 2. The van der Waals surface area contributed by atoms with Gasteiger partial charge in [-0.25, -0.2) is 0 Å². The van der Waals surface area contributed by atoms with Crippen molar-refractivity contribution in [3.05, 3.63) is 42.4 Å². The van der Waals surface area contributed by atoms with Gasteiger partial charge >= 0.3 is 11.8 Å². The average molecular weight is 387 g/mol. The molecule has 2 aromatic rings. The number of morpholine rings is 1. The van der Waals surface area contributed by atoms with Crippen LogP contribution in [0.2, 0.25) is 0 Å². The van der Waals surface area contributed by atoms with Crippen LogP contribution in [0, 0.1) is 0 Å². The Balaban J connectivity index is 1.35. The van der Waals surface area contributed by atoms with Gasteiger partial charge in [-0.05, 0) is 24.3 Å². The van der Waals surface area contributed by atoms with Crippen molar-refractivity contribution in [1.82, 2.24) is 10.2 Å². The Labute approximate surface area is 161 Å². The number of nitrogens with zero attached hydrogens (tertiary/aromatic N) is 1. The average Bonchev–Trinajstić information content (AvgIpc) is 3.40. The molecule has 2 aliphatic rings. The minimum Gasteiger partial charge on any atom is -0.468 e. The van der Waals surface area contributed by atoms with Gasteiger partial charge in [0.2, 0.25) is 6.79 Å². The molecule has 2 N–H and O–H groups in total. The van der Waals surface area contributed by atoms with E-state index in [2.05, 4.69) is 15.5 Å². The number of amides is 2. The second-order valence-corrected chi connectivity index (χ2v) is 6.41. The molecular formula is C19H21N3O6. The van der Waals surface area contributed by atoms with E-state index in [0.717, 1.165) is 18.8 Å². The SMILES string of the molecule is O=C(NCC(c1ccco1)N1CCOCC1)C(=O)Nc1ccc2c(c1)OCO2. The third kappa shape index (κ3) is 4.10. The Morgan fingerprint density at radius 3 is 2.68 bits per heavy atom. The molecule has 148 valence electrons. The highest BCUT2D eigenvalue weighted by Gasteiger charge is 2.26. The first-order chi connectivity index (χ1) is 13.7. The highest BCUT2D eigenvalue weighted by molar-refractivity contribution is 6.39. The molecule has 3 heterocycles. The summed E-state index contributed by atoms with van der Waals surface area (Å²) in [6.45, 7) is 3.09. The summed E-state index contributed by atoms with van der Waals surface area (Å²) < 4.78 is 21.4. The van der Waals surface area contributed by atoms with Crippen molar-refractivity contribution < 1.29 is 28.2 Å². The second-order valence-electron chi connectivity index (χ2n) is 6.41. The lowest BCUT2D eigenvalue weighted by molar-refractivity contribution is -0.136. The van der Waals surface area contributed by atoms with Gasteiger partial charge in [0.05, 0.1) is 25.5 Å². The van der Waals surface area contributed by atoms with E-state index >= 15 is 0 Å². The number of ether oxygens (including phenoxy) is 3. The Morgan fingerprint density at radius 2 is 1.89 bits per heavy atom. The van der Waals surface area contributed by atoms with Gasteiger partial charge < -0.3 is 29.3 Å². The van der Waals surface area contributed by atoms with Crippen LogP contribution >= 0.6 is 0 Å². The third-order valence-corrected chi connectivity index (χ3v) is 4.65. The number of hydrogen-bond donors (Lipinski definition) is 2. The van der Waals surface area contributed by atoms with Crippen LogP contribution in [0.1, 0.15) is 11.8 Å². The van der Waals surface area contributed by atoms with Crippen molar-refractivity contribution >= 4 is 17.5 Å². The monoisotopic (exact) mass is 387 g/mol. The molecule has 4 rings (SSSR count). The number of rotatable bonds is 5. The van der Waals surface area contributed by atoms with Crippen LogP contribution < -0.4 is 20.1 Å². The predicted octanol–water partition coefficient (Wildman–Crippen LogP) is 1.14. The summed E-state index contributed by atoms with van der Waals surface area (Å²) >= 11 is 0. The number of benzene rings is 1. The zero-order valence-corrected chi connectivity index (χ0v) is 15.2. The van der Waals surface area contributed by atoms with Gasteiger partial charge in [0.25, 0.3) is 0 Å². The lowest BCUT2D eigenvalue weighted by atomic mass is 10.1. The van der Waals surface area contributed by atoms with E-state index < -0.39 is 11.8 Å². The van der Waals surface area contributed by atoms with Gasteiger partial charge in [-0.3, -0.25) is 14.5 Å². The molecule has 1 atom stereocenters. The summed E-state index contributed by atoms with van der Waals surface area (Å²) in [7, 11) is 0. The van der Waals surface area contributed by atoms with E-state index in [0.29, 0.717) is 30.4 Å². The Hall–Kier alpha value is -3.04. The van der Waals surface area contributed by atoms with E-state index in [-0.39, 0.29) is 19.4 Å². The summed E-state index contributed by atoms with van der Waals surface area (Å²) in [5, 5.41) is 5.26. The Kier molecular flexibility index (Phi) is 5.45. The maximum absolute atomic E-state index is 12.3. The van der Waals surface area contributed by atoms with Crippen LogP contribution in [0.4, 0.5) is 5.69 Å². The summed E-state index contributed by atoms with van der Waals surface area (Å²) in [6.07, 6.45) is 1.59. The van der Waals surface area contributed by atoms with Gasteiger partial charge in [0.1, 0.15) is 5.76 Å². The largest absolute Gasteiger partial charge is 0.468 e. The van der Waals surface area contributed by atoms with Crippen LogP contribution in [0.5, 0.6) is 11.5 Å². The normalized spacial score (nSPS) is 17.1. The predicted molar refractivity (Wildman–Crippen MR) is 98.0 cm³/mol. The topological polar surface area (TPSA) is 102 Å². The quantitative estimate of drug-likeness (QED) is 0.742. The van der Waals surface area contributed by atoms with E-state index in [1.165, 1.54) is 0 Å². The molecule has 0 saturated carbocycles. The van der Waals surface area contributed by atoms with Crippen LogP contribution in [-0.4, -0.2) is 56.4 Å². The summed E-state index contributed by atoms with van der Waals surface area (Å²) in [6, 6.07) is 8.45. The number of hydrogen-bond acceptors (Lipinski definition) is 7. The maximum atomic E-state index is 12.3. The molecule has 1 aromatic heterocycles. The zero-order chi connectivity index (χ0) is 19.3. The minimum absolute atomic E-state index is 0.142. The van der Waals surface area contributed by atoms with Crippen LogP contribution in [0.25, 0.3) is 0 Å². The highest BCUT2D eigenvalue weighted by atomic mass is 16.7. The maximum Gasteiger partial charge on any atom is 0.313 e. The molecule has 0 spiro atoms. The third-order valence-electron chi connectivity index (χ3n) is 4.65. The van der Waals surface area contributed by atoms with Crippen LogP contribution in [0.15, 0.2) is 41.0 Å². The molecule has 0 bridgehead atoms. The number of carbonyl (C=O) groups is 2. The van der Waals surface area contributed by atoms with E-state index in [1.54, 1.807) is 30.5 Å². The summed E-state index contributed by atoms with van der Waals surface area (Å²) in [4.78, 5) is 26.7. The van der Waals surface area contributed by atoms with Crippen LogP contribution in [-0.2, 0) is 14.3 Å². The first kappa shape index (κ1) is 18.3. The summed E-state index contributed by atoms with van der Waals surface area (Å²) in [5.41, 5.74) is 0.458. The van der Waals surface area contributed by atoms with Crippen molar-refractivity contribution in [2.24, 2.45) is 0 Å². The summed E-state index contributed by atoms with van der Waals surface area (Å²) in [5.74, 6) is 0.401.